The van der Waals surface area contributed by atoms with E-state index in [1.165, 1.54) is 17.3 Å². The Hall–Kier alpha value is -2.67. The van der Waals surface area contributed by atoms with Crippen LogP contribution in [0.3, 0.4) is 0 Å². The number of aryl methyl sites for hydroxylation is 2. The van der Waals surface area contributed by atoms with Gasteiger partial charge in [-0.3, -0.25) is 4.79 Å². The minimum Gasteiger partial charge on any atom is -0.311 e. The van der Waals surface area contributed by atoms with Gasteiger partial charge in [-0.05, 0) is 66.4 Å². The molecule has 1 unspecified atom stereocenters. The zero-order valence-electron chi connectivity index (χ0n) is 15.4. The average molecular weight is 379 g/mol. The summed E-state index contributed by atoms with van der Waals surface area (Å²) in [5, 5.41) is 12.4. The van der Waals surface area contributed by atoms with Crippen molar-refractivity contribution < 1.29 is 4.79 Å². The van der Waals surface area contributed by atoms with Gasteiger partial charge < -0.3 is 4.90 Å². The summed E-state index contributed by atoms with van der Waals surface area (Å²) >= 11 is 1.39. The molecule has 0 spiro atoms. The van der Waals surface area contributed by atoms with Crippen LogP contribution in [0.5, 0.6) is 0 Å². The number of carbonyl (C=O) groups excluding carboxylic acids is 1. The number of aromatic nitrogens is 4. The van der Waals surface area contributed by atoms with Gasteiger partial charge in [0.15, 0.2) is 0 Å². The van der Waals surface area contributed by atoms with Gasteiger partial charge >= 0.3 is 0 Å². The second-order valence-corrected chi connectivity index (χ2v) is 8.00. The highest BCUT2D eigenvalue weighted by Crippen LogP contribution is 2.30. The van der Waals surface area contributed by atoms with Crippen molar-refractivity contribution in [3.8, 4) is 5.69 Å². The molecule has 0 bridgehead atoms. The van der Waals surface area contributed by atoms with Crippen molar-refractivity contribution in [2.45, 2.75) is 37.1 Å². The molecule has 138 valence electrons. The first-order valence-electron chi connectivity index (χ1n) is 9.05. The lowest BCUT2D eigenvalue weighted by atomic mass is 10.0. The Morgan fingerprint density at radius 1 is 1.19 bits per heavy atom. The third kappa shape index (κ3) is 3.60. The fraction of sp³-hybridized carbons (Fsp3) is 0.300. The number of hydrogen-bond donors (Lipinski definition) is 0. The Morgan fingerprint density at radius 3 is 2.89 bits per heavy atom. The number of tetrazole rings is 1. The Labute approximate surface area is 162 Å². The molecule has 1 aliphatic heterocycles. The molecule has 6 nitrogen and oxygen atoms in total. The predicted molar refractivity (Wildman–Crippen MR) is 106 cm³/mol. The lowest BCUT2D eigenvalue weighted by Gasteiger charge is -2.31. The summed E-state index contributed by atoms with van der Waals surface area (Å²) < 4.78 is 1.69. The molecule has 7 heteroatoms. The summed E-state index contributed by atoms with van der Waals surface area (Å²) in [6.45, 7) is 4.70. The van der Waals surface area contributed by atoms with Gasteiger partial charge in [-0.2, -0.15) is 4.68 Å². The topological polar surface area (TPSA) is 63.9 Å². The number of anilines is 1. The van der Waals surface area contributed by atoms with E-state index < -0.39 is 0 Å². The van der Waals surface area contributed by atoms with Gasteiger partial charge in [-0.15, -0.1) is 5.10 Å². The zero-order chi connectivity index (χ0) is 18.8. The molecule has 0 radical (unpaired) electrons. The minimum absolute atomic E-state index is 0.0888. The Balaban J connectivity index is 1.55. The number of rotatable bonds is 4. The number of carbonyl (C=O) groups is 1. The number of amides is 1. The molecular formula is C20H21N5OS. The maximum Gasteiger partial charge on any atom is 0.240 e. The highest BCUT2D eigenvalue weighted by molar-refractivity contribution is 8.00. The van der Waals surface area contributed by atoms with Crippen molar-refractivity contribution in [3.05, 3.63) is 59.7 Å². The van der Waals surface area contributed by atoms with Crippen molar-refractivity contribution in [3.63, 3.8) is 0 Å². The Bertz CT molecular complexity index is 970. The third-order valence-corrected chi connectivity index (χ3v) is 5.71. The van der Waals surface area contributed by atoms with E-state index in [4.69, 9.17) is 0 Å². The monoisotopic (exact) mass is 379 g/mol. The lowest BCUT2D eigenvalue weighted by Crippen LogP contribution is -2.40. The molecule has 4 rings (SSSR count). The van der Waals surface area contributed by atoms with Crippen LogP contribution < -0.4 is 4.90 Å². The van der Waals surface area contributed by atoms with Crippen molar-refractivity contribution in [2.75, 3.05) is 11.4 Å². The van der Waals surface area contributed by atoms with Crippen LogP contribution in [0.2, 0.25) is 0 Å². The molecule has 0 fully saturated rings. The third-order valence-electron chi connectivity index (χ3n) is 4.69. The summed E-state index contributed by atoms with van der Waals surface area (Å²) in [5.41, 5.74) is 4.29. The van der Waals surface area contributed by atoms with Gasteiger partial charge in [0.25, 0.3) is 0 Å². The normalized spacial score (nSPS) is 14.7. The van der Waals surface area contributed by atoms with Gasteiger partial charge in [0, 0.05) is 12.2 Å². The number of nitrogens with zero attached hydrogens (tertiary/aromatic N) is 5. The Morgan fingerprint density at radius 2 is 2.04 bits per heavy atom. The van der Waals surface area contributed by atoms with Gasteiger partial charge in [0.2, 0.25) is 11.1 Å². The number of hydrogen-bond acceptors (Lipinski definition) is 5. The first kappa shape index (κ1) is 17.7. The maximum absolute atomic E-state index is 13.1. The molecule has 1 atom stereocenters. The van der Waals surface area contributed by atoms with E-state index in [1.54, 1.807) is 4.68 Å². The molecule has 2 heterocycles. The summed E-state index contributed by atoms with van der Waals surface area (Å²) in [6.07, 6.45) is 2.01. The SMILES string of the molecule is Cc1cccc(-n2nnnc2SC(C)C(=O)N2CCCc3ccccc32)c1. The van der Waals surface area contributed by atoms with E-state index in [0.717, 1.165) is 36.3 Å². The van der Waals surface area contributed by atoms with Crippen molar-refractivity contribution in [1.29, 1.82) is 0 Å². The summed E-state index contributed by atoms with van der Waals surface area (Å²) in [7, 11) is 0. The highest BCUT2D eigenvalue weighted by atomic mass is 32.2. The highest BCUT2D eigenvalue weighted by Gasteiger charge is 2.28. The molecule has 1 amide bonds. The van der Waals surface area contributed by atoms with Crippen molar-refractivity contribution >= 4 is 23.4 Å². The molecule has 1 aliphatic rings. The van der Waals surface area contributed by atoms with Gasteiger partial charge in [0.05, 0.1) is 10.9 Å². The number of fused-ring (bicyclic) bond motifs is 1. The zero-order valence-corrected chi connectivity index (χ0v) is 16.2. The van der Waals surface area contributed by atoms with Crippen LogP contribution in [0.25, 0.3) is 5.69 Å². The molecule has 27 heavy (non-hydrogen) atoms. The Kier molecular flexibility index (Phi) is 4.94. The maximum atomic E-state index is 13.1. The average Bonchev–Trinajstić information content (AvgIpc) is 3.15. The van der Waals surface area contributed by atoms with Gasteiger partial charge in [-0.25, -0.2) is 0 Å². The second-order valence-electron chi connectivity index (χ2n) is 6.69. The lowest BCUT2D eigenvalue weighted by molar-refractivity contribution is -0.117. The van der Waals surface area contributed by atoms with E-state index >= 15 is 0 Å². The second kappa shape index (κ2) is 7.52. The van der Waals surface area contributed by atoms with E-state index in [1.807, 2.05) is 61.2 Å². The van der Waals surface area contributed by atoms with E-state index in [0.29, 0.717) is 5.16 Å². The van der Waals surface area contributed by atoms with Crippen LogP contribution in [-0.2, 0) is 11.2 Å². The van der Waals surface area contributed by atoms with Crippen molar-refractivity contribution in [2.24, 2.45) is 0 Å². The van der Waals surface area contributed by atoms with Crippen LogP contribution in [0.1, 0.15) is 24.5 Å². The molecular weight excluding hydrogens is 358 g/mol. The molecule has 3 aromatic rings. The summed E-state index contributed by atoms with van der Waals surface area (Å²) in [4.78, 5) is 15.0. The van der Waals surface area contributed by atoms with Crippen molar-refractivity contribution in [1.82, 2.24) is 20.2 Å². The quantitative estimate of drug-likeness (QED) is 0.650. The van der Waals surface area contributed by atoms with Crippen LogP contribution in [0.4, 0.5) is 5.69 Å². The molecule has 0 N–H and O–H groups in total. The molecule has 2 aromatic carbocycles. The number of thioether (sulfide) groups is 1. The van der Waals surface area contributed by atoms with Crippen LogP contribution in [0, 0.1) is 6.92 Å². The number of benzene rings is 2. The summed E-state index contributed by atoms with van der Waals surface area (Å²) in [6, 6.07) is 16.1. The first-order valence-corrected chi connectivity index (χ1v) is 9.93. The van der Waals surface area contributed by atoms with Crippen LogP contribution >= 0.6 is 11.8 Å². The smallest absolute Gasteiger partial charge is 0.240 e. The van der Waals surface area contributed by atoms with E-state index in [-0.39, 0.29) is 11.2 Å². The fourth-order valence-corrected chi connectivity index (χ4v) is 4.23. The molecule has 0 saturated carbocycles. The molecule has 0 saturated heterocycles. The minimum atomic E-state index is -0.286. The van der Waals surface area contributed by atoms with Crippen LogP contribution in [-0.4, -0.2) is 37.9 Å². The first-order chi connectivity index (χ1) is 13.1. The fourth-order valence-electron chi connectivity index (χ4n) is 3.36. The predicted octanol–water partition coefficient (Wildman–Crippen LogP) is 3.43. The summed E-state index contributed by atoms with van der Waals surface area (Å²) in [5.74, 6) is 0.0888. The van der Waals surface area contributed by atoms with E-state index in [2.05, 4.69) is 21.6 Å². The van der Waals surface area contributed by atoms with Gasteiger partial charge in [-0.1, -0.05) is 42.1 Å². The number of para-hydroxylation sites is 1. The molecule has 1 aromatic heterocycles. The van der Waals surface area contributed by atoms with Crippen LogP contribution in [0.15, 0.2) is 53.7 Å². The largest absolute Gasteiger partial charge is 0.311 e. The molecule has 0 aliphatic carbocycles. The van der Waals surface area contributed by atoms with E-state index in [9.17, 15) is 4.79 Å². The van der Waals surface area contributed by atoms with Gasteiger partial charge in [0.1, 0.15) is 0 Å². The standard InChI is InChI=1S/C20H21N5OS/c1-14-7-5-10-17(13-14)25-20(21-22-23-25)27-15(2)19(26)24-12-6-9-16-8-3-4-11-18(16)24/h3-5,7-8,10-11,13,15H,6,9,12H2,1-2H3.